The van der Waals surface area contributed by atoms with E-state index in [0.717, 1.165) is 17.7 Å². The van der Waals surface area contributed by atoms with Gasteiger partial charge in [-0.2, -0.15) is 0 Å². The molecule has 1 saturated heterocycles. The highest BCUT2D eigenvalue weighted by molar-refractivity contribution is 7.10. The second-order valence-corrected chi connectivity index (χ2v) is 7.45. The van der Waals surface area contributed by atoms with E-state index in [1.807, 2.05) is 17.5 Å². The van der Waals surface area contributed by atoms with Crippen LogP contribution >= 0.6 is 11.3 Å². The molecular formula is C19H18N2O4S. The first-order chi connectivity index (χ1) is 12.6. The number of imide groups is 1. The zero-order valence-electron chi connectivity index (χ0n) is 14.1. The molecule has 0 radical (unpaired) electrons. The van der Waals surface area contributed by atoms with Gasteiger partial charge in [0.2, 0.25) is 5.91 Å². The molecule has 1 N–H and O–H groups in total. The number of ether oxygens (including phenoxy) is 1. The van der Waals surface area contributed by atoms with Crippen LogP contribution in [0.25, 0.3) is 0 Å². The van der Waals surface area contributed by atoms with E-state index >= 15 is 0 Å². The number of nitrogens with zero attached hydrogens (tertiary/aromatic N) is 1. The highest BCUT2D eigenvalue weighted by atomic mass is 32.1. The summed E-state index contributed by atoms with van der Waals surface area (Å²) in [5, 5.41) is 4.72. The molecule has 6 nitrogen and oxygen atoms in total. The zero-order valence-corrected chi connectivity index (χ0v) is 14.9. The molecule has 134 valence electrons. The normalized spacial score (nSPS) is 19.1. The summed E-state index contributed by atoms with van der Waals surface area (Å²) in [6.07, 6.45) is 2.01. The van der Waals surface area contributed by atoms with Gasteiger partial charge in [0.15, 0.2) is 0 Å². The van der Waals surface area contributed by atoms with Gasteiger partial charge >= 0.3 is 0 Å². The maximum Gasteiger partial charge on any atom is 0.261 e. The first-order valence-corrected chi connectivity index (χ1v) is 9.44. The lowest BCUT2D eigenvalue weighted by molar-refractivity contribution is -0.115. The summed E-state index contributed by atoms with van der Waals surface area (Å²) in [5.41, 5.74) is 1.23. The van der Waals surface area contributed by atoms with Crippen LogP contribution in [0.2, 0.25) is 0 Å². The van der Waals surface area contributed by atoms with Gasteiger partial charge in [-0.05, 0) is 42.5 Å². The van der Waals surface area contributed by atoms with E-state index in [-0.39, 0.29) is 36.8 Å². The molecule has 3 amide bonds. The average Bonchev–Trinajstić information content (AvgIpc) is 3.35. The van der Waals surface area contributed by atoms with E-state index in [2.05, 4.69) is 5.32 Å². The first-order valence-electron chi connectivity index (χ1n) is 8.56. The van der Waals surface area contributed by atoms with Crippen molar-refractivity contribution in [1.29, 1.82) is 0 Å². The maximum atomic E-state index is 12.6. The summed E-state index contributed by atoms with van der Waals surface area (Å²) in [6.45, 7) is 0.959. The number of carbonyl (C=O) groups excluding carboxylic acids is 3. The number of anilines is 1. The first kappa shape index (κ1) is 16.9. The standard InChI is InChI=1S/C19H18N2O4S/c22-17(10-14-4-2-8-26-14)20-12-5-6-15-16(9-12)19(24)21(18(15)23)11-13-3-1-7-25-13/h2,4-6,8-9,13H,1,3,7,10-11H2,(H,20,22)/t13-/m1/s1. The van der Waals surface area contributed by atoms with Gasteiger partial charge < -0.3 is 10.1 Å². The number of amides is 3. The summed E-state index contributed by atoms with van der Waals surface area (Å²) in [4.78, 5) is 39.5. The topological polar surface area (TPSA) is 75.7 Å². The maximum absolute atomic E-state index is 12.6. The fraction of sp³-hybridized carbons (Fsp3) is 0.316. The molecule has 0 unspecified atom stereocenters. The molecule has 0 saturated carbocycles. The lowest BCUT2D eigenvalue weighted by Crippen LogP contribution is -2.36. The van der Waals surface area contributed by atoms with Crippen LogP contribution < -0.4 is 5.32 Å². The summed E-state index contributed by atoms with van der Waals surface area (Å²) in [5.74, 6) is -0.771. The quantitative estimate of drug-likeness (QED) is 0.821. The number of hydrogen-bond donors (Lipinski definition) is 1. The van der Waals surface area contributed by atoms with Crippen molar-refractivity contribution in [3.05, 3.63) is 51.7 Å². The van der Waals surface area contributed by atoms with Crippen molar-refractivity contribution >= 4 is 34.7 Å². The highest BCUT2D eigenvalue weighted by Crippen LogP contribution is 2.27. The Hall–Kier alpha value is -2.51. The monoisotopic (exact) mass is 370 g/mol. The predicted molar refractivity (Wildman–Crippen MR) is 97.4 cm³/mol. The Bertz CT molecular complexity index is 856. The summed E-state index contributed by atoms with van der Waals surface area (Å²) < 4.78 is 5.53. The molecule has 3 heterocycles. The Kier molecular flexibility index (Phi) is 4.57. The molecule has 7 heteroatoms. The van der Waals surface area contributed by atoms with Crippen LogP contribution in [-0.4, -0.2) is 41.9 Å². The highest BCUT2D eigenvalue weighted by Gasteiger charge is 2.37. The SMILES string of the molecule is O=C(Cc1cccs1)Nc1ccc2c(c1)C(=O)N(C[C@H]1CCCO1)C2=O. The van der Waals surface area contributed by atoms with Crippen molar-refractivity contribution in [1.82, 2.24) is 4.90 Å². The Morgan fingerprint density at radius 1 is 1.23 bits per heavy atom. The fourth-order valence-electron chi connectivity index (χ4n) is 3.30. The van der Waals surface area contributed by atoms with E-state index in [4.69, 9.17) is 4.74 Å². The van der Waals surface area contributed by atoms with Crippen molar-refractivity contribution < 1.29 is 19.1 Å². The second-order valence-electron chi connectivity index (χ2n) is 6.42. The number of nitrogens with one attached hydrogen (secondary N) is 1. The number of hydrogen-bond acceptors (Lipinski definition) is 5. The molecule has 1 aromatic carbocycles. The second kappa shape index (κ2) is 7.01. The van der Waals surface area contributed by atoms with Crippen molar-refractivity contribution in [3.63, 3.8) is 0 Å². The molecule has 2 aliphatic heterocycles. The van der Waals surface area contributed by atoms with Gasteiger partial charge in [-0.1, -0.05) is 6.07 Å². The van der Waals surface area contributed by atoms with Gasteiger partial charge in [0.1, 0.15) is 0 Å². The van der Waals surface area contributed by atoms with Gasteiger partial charge in [-0.25, -0.2) is 0 Å². The van der Waals surface area contributed by atoms with E-state index in [0.29, 0.717) is 23.4 Å². The van der Waals surface area contributed by atoms with Gasteiger partial charge in [0, 0.05) is 17.2 Å². The smallest absolute Gasteiger partial charge is 0.261 e. The van der Waals surface area contributed by atoms with Gasteiger partial charge in [-0.3, -0.25) is 19.3 Å². The summed E-state index contributed by atoms with van der Waals surface area (Å²) >= 11 is 1.52. The molecule has 2 aromatic rings. The molecule has 2 aliphatic rings. The summed E-state index contributed by atoms with van der Waals surface area (Å²) in [6, 6.07) is 8.64. The Morgan fingerprint density at radius 2 is 2.08 bits per heavy atom. The van der Waals surface area contributed by atoms with Crippen LogP contribution in [-0.2, 0) is 16.0 Å². The van der Waals surface area contributed by atoms with E-state index < -0.39 is 0 Å². The van der Waals surface area contributed by atoms with Crippen molar-refractivity contribution in [2.45, 2.75) is 25.4 Å². The lowest BCUT2D eigenvalue weighted by atomic mass is 10.1. The fourth-order valence-corrected chi connectivity index (χ4v) is 4.01. The third kappa shape index (κ3) is 3.27. The number of carbonyl (C=O) groups is 3. The summed E-state index contributed by atoms with van der Waals surface area (Å²) in [7, 11) is 0. The van der Waals surface area contributed by atoms with Crippen LogP contribution in [0.5, 0.6) is 0 Å². The molecular weight excluding hydrogens is 352 g/mol. The molecule has 0 bridgehead atoms. The number of fused-ring (bicyclic) bond motifs is 1. The lowest BCUT2D eigenvalue weighted by Gasteiger charge is -2.17. The Labute approximate surface area is 154 Å². The van der Waals surface area contributed by atoms with E-state index in [1.54, 1.807) is 18.2 Å². The molecule has 0 spiro atoms. The predicted octanol–water partition coefficient (Wildman–Crippen LogP) is 2.70. The molecule has 0 aliphatic carbocycles. The largest absolute Gasteiger partial charge is 0.376 e. The van der Waals surface area contributed by atoms with Crippen molar-refractivity contribution in [2.75, 3.05) is 18.5 Å². The van der Waals surface area contributed by atoms with Crippen LogP contribution in [0.15, 0.2) is 35.7 Å². The van der Waals surface area contributed by atoms with Crippen LogP contribution in [0.1, 0.15) is 38.4 Å². The van der Waals surface area contributed by atoms with Crippen molar-refractivity contribution in [3.8, 4) is 0 Å². The Morgan fingerprint density at radius 3 is 2.81 bits per heavy atom. The third-order valence-corrected chi connectivity index (χ3v) is 5.46. The van der Waals surface area contributed by atoms with Crippen LogP contribution in [0.4, 0.5) is 5.69 Å². The van der Waals surface area contributed by atoms with Gasteiger partial charge in [0.05, 0.1) is 30.2 Å². The molecule has 1 atom stereocenters. The van der Waals surface area contributed by atoms with Crippen LogP contribution in [0.3, 0.4) is 0 Å². The average molecular weight is 370 g/mol. The molecule has 4 rings (SSSR count). The minimum Gasteiger partial charge on any atom is -0.376 e. The van der Waals surface area contributed by atoms with Crippen LogP contribution in [0, 0.1) is 0 Å². The minimum absolute atomic E-state index is 0.0813. The number of rotatable bonds is 5. The van der Waals surface area contributed by atoms with Gasteiger partial charge in [0.25, 0.3) is 11.8 Å². The van der Waals surface area contributed by atoms with E-state index in [1.165, 1.54) is 16.2 Å². The van der Waals surface area contributed by atoms with Crippen molar-refractivity contribution in [2.24, 2.45) is 0 Å². The third-order valence-electron chi connectivity index (χ3n) is 4.58. The molecule has 1 aromatic heterocycles. The zero-order chi connectivity index (χ0) is 18.1. The Balaban J connectivity index is 1.47. The molecule has 26 heavy (non-hydrogen) atoms. The van der Waals surface area contributed by atoms with Gasteiger partial charge in [-0.15, -0.1) is 11.3 Å². The minimum atomic E-state index is -0.324. The number of benzene rings is 1. The molecule has 1 fully saturated rings. The number of thiophene rings is 1. The van der Waals surface area contributed by atoms with E-state index in [9.17, 15) is 14.4 Å².